The largest absolute Gasteiger partial charge is 0.480 e. The fraction of sp³-hybridized carbons (Fsp3) is 0.423. The second-order valence-corrected chi connectivity index (χ2v) is 8.82. The minimum atomic E-state index is -1.05. The smallest absolute Gasteiger partial charge is 0.407 e. The number of nitrogens with one attached hydrogen (secondary N) is 2. The van der Waals surface area contributed by atoms with Crippen LogP contribution in [-0.4, -0.2) is 56.0 Å². The molecule has 0 radical (unpaired) electrons. The number of hydrogen-bond donors (Lipinski definition) is 3. The Hall–Kier alpha value is -3.39. The quantitative estimate of drug-likeness (QED) is 0.414. The summed E-state index contributed by atoms with van der Waals surface area (Å²) >= 11 is 0. The topological polar surface area (TPSA) is 114 Å². The first-order valence-corrected chi connectivity index (χ1v) is 11.7. The van der Waals surface area contributed by atoms with Crippen LogP contribution in [0.1, 0.15) is 36.3 Å². The molecule has 1 atom stereocenters. The van der Waals surface area contributed by atoms with Crippen LogP contribution < -0.4 is 10.6 Å². The molecule has 1 fully saturated rings. The highest BCUT2D eigenvalue weighted by Crippen LogP contribution is 2.44. The molecule has 2 amide bonds. The van der Waals surface area contributed by atoms with Gasteiger partial charge in [0, 0.05) is 19.0 Å². The zero-order valence-electron chi connectivity index (χ0n) is 19.0. The van der Waals surface area contributed by atoms with Gasteiger partial charge in [-0.25, -0.2) is 9.59 Å². The van der Waals surface area contributed by atoms with Crippen molar-refractivity contribution in [2.75, 3.05) is 32.9 Å². The second kappa shape index (κ2) is 11.2. The lowest BCUT2D eigenvalue weighted by molar-refractivity contribution is -0.142. The molecule has 2 aliphatic carbocycles. The molecular weight excluding hydrogens is 436 g/mol. The van der Waals surface area contributed by atoms with Gasteiger partial charge in [0.25, 0.3) is 0 Å². The molecule has 0 aromatic heterocycles. The van der Waals surface area contributed by atoms with E-state index in [1.54, 1.807) is 0 Å². The number of carbonyl (C=O) groups is 3. The number of hydrogen-bond acceptors (Lipinski definition) is 5. The van der Waals surface area contributed by atoms with E-state index in [0.29, 0.717) is 12.3 Å². The van der Waals surface area contributed by atoms with E-state index < -0.39 is 18.7 Å². The molecule has 0 spiro atoms. The molecule has 3 N–H and O–H groups in total. The van der Waals surface area contributed by atoms with Gasteiger partial charge in [-0.3, -0.25) is 4.79 Å². The van der Waals surface area contributed by atoms with E-state index in [-0.39, 0.29) is 44.0 Å². The van der Waals surface area contributed by atoms with Gasteiger partial charge in [0.1, 0.15) is 13.2 Å². The fourth-order valence-corrected chi connectivity index (χ4v) is 4.45. The van der Waals surface area contributed by atoms with Gasteiger partial charge in [-0.15, -0.1) is 0 Å². The molecule has 0 saturated heterocycles. The third kappa shape index (κ3) is 6.14. The molecule has 4 rings (SSSR count). The van der Waals surface area contributed by atoms with Crippen molar-refractivity contribution in [3.05, 3.63) is 59.7 Å². The third-order valence-corrected chi connectivity index (χ3v) is 6.29. The Morgan fingerprint density at radius 2 is 1.62 bits per heavy atom. The molecule has 1 unspecified atom stereocenters. The Labute approximate surface area is 198 Å². The van der Waals surface area contributed by atoms with Crippen molar-refractivity contribution < 1.29 is 29.0 Å². The highest BCUT2D eigenvalue weighted by molar-refractivity contribution is 5.80. The highest BCUT2D eigenvalue weighted by atomic mass is 16.5. The number of ether oxygens (including phenoxy) is 2. The summed E-state index contributed by atoms with van der Waals surface area (Å²) in [5, 5.41) is 14.1. The normalized spacial score (nSPS) is 15.2. The monoisotopic (exact) mass is 466 g/mol. The molecule has 180 valence electrons. The van der Waals surface area contributed by atoms with Gasteiger partial charge in [0.2, 0.25) is 5.91 Å². The van der Waals surface area contributed by atoms with Crippen LogP contribution in [0.15, 0.2) is 48.5 Å². The summed E-state index contributed by atoms with van der Waals surface area (Å²) in [6.45, 7) is 0.353. The van der Waals surface area contributed by atoms with Gasteiger partial charge in [0.15, 0.2) is 0 Å². The van der Waals surface area contributed by atoms with Gasteiger partial charge in [-0.2, -0.15) is 0 Å². The van der Waals surface area contributed by atoms with E-state index in [0.717, 1.165) is 24.0 Å². The predicted octanol–water partition coefficient (Wildman–Crippen LogP) is 3.16. The Kier molecular flexibility index (Phi) is 7.80. The van der Waals surface area contributed by atoms with E-state index in [2.05, 4.69) is 34.9 Å². The maximum Gasteiger partial charge on any atom is 0.407 e. The van der Waals surface area contributed by atoms with Crippen molar-refractivity contribution in [3.8, 4) is 11.1 Å². The number of rotatable bonds is 12. The lowest BCUT2D eigenvalue weighted by Gasteiger charge is -2.18. The zero-order valence-corrected chi connectivity index (χ0v) is 19.0. The average Bonchev–Trinajstić information content (AvgIpc) is 3.60. The van der Waals surface area contributed by atoms with Gasteiger partial charge >= 0.3 is 12.1 Å². The van der Waals surface area contributed by atoms with Crippen molar-refractivity contribution in [2.45, 2.75) is 25.2 Å². The standard InChI is InChI=1S/C26H30N2O6/c29-24(30)16-33-12-11-27-25(31)18(13-17-9-10-17)14-28-26(32)34-15-23-21-7-3-1-5-19(21)20-6-2-4-8-22(20)23/h1-8,17-18,23H,9-16H2,(H,27,31)(H,28,32)(H,29,30). The third-order valence-electron chi connectivity index (χ3n) is 6.29. The molecular formula is C26H30N2O6. The number of benzene rings is 2. The Balaban J connectivity index is 1.26. The first-order chi connectivity index (χ1) is 16.5. The van der Waals surface area contributed by atoms with Crippen LogP contribution >= 0.6 is 0 Å². The molecule has 0 bridgehead atoms. The van der Waals surface area contributed by atoms with E-state index in [4.69, 9.17) is 14.6 Å². The summed E-state index contributed by atoms with van der Waals surface area (Å²) in [4.78, 5) is 35.5. The lowest BCUT2D eigenvalue weighted by atomic mass is 9.98. The number of aliphatic carboxylic acids is 1. The second-order valence-electron chi connectivity index (χ2n) is 8.82. The van der Waals surface area contributed by atoms with Crippen molar-refractivity contribution in [1.82, 2.24) is 10.6 Å². The number of carboxylic acid groups (broad SMARTS) is 1. The van der Waals surface area contributed by atoms with Gasteiger partial charge in [-0.05, 0) is 34.6 Å². The van der Waals surface area contributed by atoms with Crippen molar-refractivity contribution in [3.63, 3.8) is 0 Å². The maximum atomic E-state index is 12.6. The minimum Gasteiger partial charge on any atom is -0.480 e. The number of fused-ring (bicyclic) bond motifs is 3. The maximum absolute atomic E-state index is 12.6. The fourth-order valence-electron chi connectivity index (χ4n) is 4.45. The Bertz CT molecular complexity index is 990. The Morgan fingerprint density at radius 1 is 0.971 bits per heavy atom. The van der Waals surface area contributed by atoms with Crippen LogP contribution in [0.3, 0.4) is 0 Å². The van der Waals surface area contributed by atoms with Gasteiger partial charge < -0.3 is 25.2 Å². The van der Waals surface area contributed by atoms with E-state index >= 15 is 0 Å². The summed E-state index contributed by atoms with van der Waals surface area (Å²) in [5.41, 5.74) is 4.63. The Morgan fingerprint density at radius 3 is 2.24 bits per heavy atom. The first-order valence-electron chi connectivity index (χ1n) is 11.7. The van der Waals surface area contributed by atoms with Gasteiger partial charge in [0.05, 0.1) is 12.5 Å². The van der Waals surface area contributed by atoms with Crippen LogP contribution in [0.2, 0.25) is 0 Å². The number of alkyl carbamates (subject to hydrolysis) is 1. The molecule has 0 aliphatic heterocycles. The number of carbonyl (C=O) groups excluding carboxylic acids is 2. The van der Waals surface area contributed by atoms with Crippen LogP contribution in [0.5, 0.6) is 0 Å². The van der Waals surface area contributed by atoms with E-state index in [9.17, 15) is 14.4 Å². The predicted molar refractivity (Wildman–Crippen MR) is 125 cm³/mol. The molecule has 2 aromatic rings. The molecule has 2 aromatic carbocycles. The van der Waals surface area contributed by atoms with Crippen molar-refractivity contribution in [1.29, 1.82) is 0 Å². The van der Waals surface area contributed by atoms with Crippen LogP contribution in [0.4, 0.5) is 4.79 Å². The lowest BCUT2D eigenvalue weighted by Crippen LogP contribution is -2.40. The first kappa shape index (κ1) is 23.8. The van der Waals surface area contributed by atoms with Crippen LogP contribution in [0.25, 0.3) is 11.1 Å². The summed E-state index contributed by atoms with van der Waals surface area (Å²) in [6, 6.07) is 16.3. The van der Waals surface area contributed by atoms with E-state index in [1.807, 2.05) is 24.3 Å². The van der Waals surface area contributed by atoms with Gasteiger partial charge in [-0.1, -0.05) is 61.4 Å². The molecule has 34 heavy (non-hydrogen) atoms. The molecule has 8 heteroatoms. The highest BCUT2D eigenvalue weighted by Gasteiger charge is 2.31. The van der Waals surface area contributed by atoms with Crippen LogP contribution in [-0.2, 0) is 19.1 Å². The summed E-state index contributed by atoms with van der Waals surface area (Å²) in [6.07, 6.45) is 2.35. The van der Waals surface area contributed by atoms with Crippen LogP contribution in [0, 0.1) is 11.8 Å². The van der Waals surface area contributed by atoms with Crippen molar-refractivity contribution >= 4 is 18.0 Å². The summed E-state index contributed by atoms with van der Waals surface area (Å²) in [5.74, 6) is -1.11. The minimum absolute atomic E-state index is 0.0190. The molecule has 8 nitrogen and oxygen atoms in total. The zero-order chi connectivity index (χ0) is 23.9. The average molecular weight is 467 g/mol. The SMILES string of the molecule is O=C(O)COCCNC(=O)C(CNC(=O)OCC1c2ccccc2-c2ccccc21)CC1CC1. The molecule has 2 aliphatic rings. The molecule has 1 saturated carbocycles. The number of amides is 2. The van der Waals surface area contributed by atoms with Crippen molar-refractivity contribution in [2.24, 2.45) is 11.8 Å². The van der Waals surface area contributed by atoms with E-state index in [1.165, 1.54) is 11.1 Å². The summed E-state index contributed by atoms with van der Waals surface area (Å²) < 4.78 is 10.5. The summed E-state index contributed by atoms with van der Waals surface area (Å²) in [7, 11) is 0. The number of carboxylic acids is 1. The molecule has 0 heterocycles.